The summed E-state index contributed by atoms with van der Waals surface area (Å²) in [6.07, 6.45) is 0. The molecule has 0 radical (unpaired) electrons. The van der Waals surface area contributed by atoms with Crippen molar-refractivity contribution < 1.29 is 0 Å². The first kappa shape index (κ1) is 26.3. The van der Waals surface area contributed by atoms with E-state index < -0.39 is 0 Å². The maximum Gasteiger partial charge on any atom is 0.0561 e. The fourth-order valence-electron chi connectivity index (χ4n) is 7.90. The van der Waals surface area contributed by atoms with E-state index in [1.165, 1.54) is 90.4 Å². The maximum absolute atomic E-state index is 2.56. The van der Waals surface area contributed by atoms with E-state index in [4.69, 9.17) is 0 Å². The SMILES string of the molecule is CC1(C)c2ccccc2-c2c(N(c3ccc4c(c3)sc3ccccc34)c3cc4ccccc4c4sc5ccccc5c34)cccc21. The van der Waals surface area contributed by atoms with E-state index in [0.717, 1.165) is 0 Å². The number of thiophene rings is 2. The molecule has 7 aromatic carbocycles. The van der Waals surface area contributed by atoms with Gasteiger partial charge in [-0.2, -0.15) is 0 Å². The van der Waals surface area contributed by atoms with Gasteiger partial charge in [0.1, 0.15) is 0 Å². The molecule has 3 heteroatoms. The molecule has 1 aliphatic carbocycles. The normalized spacial score (nSPS) is 13.6. The molecule has 0 unspecified atom stereocenters. The number of hydrogen-bond acceptors (Lipinski definition) is 3. The first-order chi connectivity index (χ1) is 22.6. The third-order valence-corrected chi connectivity index (χ3v) is 12.4. The lowest BCUT2D eigenvalue weighted by Crippen LogP contribution is -2.16. The maximum atomic E-state index is 2.56. The Labute approximate surface area is 275 Å². The van der Waals surface area contributed by atoms with Crippen LogP contribution < -0.4 is 4.90 Å². The Morgan fingerprint density at radius 1 is 0.500 bits per heavy atom. The molecule has 2 aromatic heterocycles. The number of benzene rings is 7. The minimum atomic E-state index is -0.0865. The van der Waals surface area contributed by atoms with E-state index in [1.807, 2.05) is 22.7 Å². The van der Waals surface area contributed by atoms with Crippen LogP contribution in [0.1, 0.15) is 25.0 Å². The molecular weight excluding hydrogens is 595 g/mol. The predicted molar refractivity (Wildman–Crippen MR) is 202 cm³/mol. The average molecular weight is 624 g/mol. The Morgan fingerprint density at radius 3 is 2.04 bits per heavy atom. The zero-order valence-corrected chi connectivity index (χ0v) is 27.2. The topological polar surface area (TPSA) is 3.24 Å². The number of fused-ring (bicyclic) bond motifs is 11. The van der Waals surface area contributed by atoms with Crippen molar-refractivity contribution in [3.8, 4) is 11.1 Å². The number of anilines is 3. The summed E-state index contributed by atoms with van der Waals surface area (Å²) < 4.78 is 5.30. The number of rotatable bonds is 3. The summed E-state index contributed by atoms with van der Waals surface area (Å²) in [5.74, 6) is 0. The van der Waals surface area contributed by atoms with Crippen molar-refractivity contribution in [3.05, 3.63) is 151 Å². The highest BCUT2D eigenvalue weighted by molar-refractivity contribution is 7.27. The Balaban J connectivity index is 1.36. The summed E-state index contributed by atoms with van der Waals surface area (Å²) in [7, 11) is 0. The van der Waals surface area contributed by atoms with Gasteiger partial charge in [0.25, 0.3) is 0 Å². The molecule has 1 aliphatic rings. The van der Waals surface area contributed by atoms with Crippen molar-refractivity contribution in [2.75, 3.05) is 4.90 Å². The lowest BCUT2D eigenvalue weighted by atomic mass is 9.82. The van der Waals surface area contributed by atoms with Crippen molar-refractivity contribution in [2.24, 2.45) is 0 Å². The molecule has 0 saturated heterocycles. The molecule has 0 fully saturated rings. The van der Waals surface area contributed by atoms with Gasteiger partial charge in [0, 0.05) is 57.0 Å². The molecule has 0 N–H and O–H groups in total. The number of hydrogen-bond donors (Lipinski definition) is 0. The van der Waals surface area contributed by atoms with E-state index in [1.54, 1.807) is 0 Å². The molecule has 0 amide bonds. The molecule has 0 spiro atoms. The summed E-state index contributed by atoms with van der Waals surface area (Å²) in [5.41, 5.74) is 8.98. The van der Waals surface area contributed by atoms with Gasteiger partial charge in [-0.3, -0.25) is 0 Å². The second-order valence-corrected chi connectivity index (χ2v) is 15.0. The van der Waals surface area contributed by atoms with Crippen LogP contribution in [0.25, 0.3) is 62.2 Å². The molecule has 0 bridgehead atoms. The lowest BCUT2D eigenvalue weighted by molar-refractivity contribution is 0.660. The minimum Gasteiger partial charge on any atom is -0.309 e. The molecule has 0 atom stereocenters. The monoisotopic (exact) mass is 623 g/mol. The van der Waals surface area contributed by atoms with Crippen LogP contribution in [0, 0.1) is 0 Å². The molecular formula is C43H29NS2. The van der Waals surface area contributed by atoms with Crippen LogP contribution in [0.3, 0.4) is 0 Å². The van der Waals surface area contributed by atoms with Crippen LogP contribution in [0.4, 0.5) is 17.1 Å². The van der Waals surface area contributed by atoms with E-state index in [0.29, 0.717) is 0 Å². The van der Waals surface area contributed by atoms with Crippen LogP contribution in [-0.2, 0) is 5.41 Å². The smallest absolute Gasteiger partial charge is 0.0561 e. The average Bonchev–Trinajstić information content (AvgIpc) is 3.74. The molecule has 46 heavy (non-hydrogen) atoms. The van der Waals surface area contributed by atoms with Gasteiger partial charge in [0.2, 0.25) is 0 Å². The molecule has 2 heterocycles. The van der Waals surface area contributed by atoms with Crippen LogP contribution in [0.2, 0.25) is 0 Å². The van der Waals surface area contributed by atoms with Gasteiger partial charge in [0.15, 0.2) is 0 Å². The van der Waals surface area contributed by atoms with E-state index in [-0.39, 0.29) is 5.41 Å². The molecule has 10 rings (SSSR count). The first-order valence-electron chi connectivity index (χ1n) is 15.9. The van der Waals surface area contributed by atoms with Crippen molar-refractivity contribution in [1.29, 1.82) is 0 Å². The van der Waals surface area contributed by atoms with Gasteiger partial charge in [-0.25, -0.2) is 0 Å². The van der Waals surface area contributed by atoms with Gasteiger partial charge in [-0.05, 0) is 63.9 Å². The standard InChI is InChI=1S/C43H29NS2/c1-43(2)33-17-8-5-15-31(33)40-34(43)18-11-19-35(40)44(27-22-23-30-29-14-6-9-20-37(29)45-39(30)25-27)36-24-26-12-3-4-13-28(26)42-41(36)32-16-7-10-21-38(32)46-42/h3-25H,1-2H3. The number of nitrogens with zero attached hydrogens (tertiary/aromatic N) is 1. The van der Waals surface area contributed by atoms with Gasteiger partial charge >= 0.3 is 0 Å². The molecule has 218 valence electrons. The Morgan fingerprint density at radius 2 is 1.17 bits per heavy atom. The fraction of sp³-hybridized carbons (Fsp3) is 0.0698. The highest BCUT2D eigenvalue weighted by atomic mass is 32.1. The van der Waals surface area contributed by atoms with Crippen molar-refractivity contribution in [2.45, 2.75) is 19.3 Å². The van der Waals surface area contributed by atoms with E-state index in [9.17, 15) is 0 Å². The fourth-order valence-corrected chi connectivity index (χ4v) is 10.3. The summed E-state index contributed by atoms with van der Waals surface area (Å²) in [5, 5.41) is 7.85. The van der Waals surface area contributed by atoms with Crippen molar-refractivity contribution >= 4 is 90.9 Å². The van der Waals surface area contributed by atoms with E-state index >= 15 is 0 Å². The van der Waals surface area contributed by atoms with Gasteiger partial charge in [0.05, 0.1) is 11.4 Å². The van der Waals surface area contributed by atoms with Crippen molar-refractivity contribution in [3.63, 3.8) is 0 Å². The molecule has 1 nitrogen and oxygen atoms in total. The van der Waals surface area contributed by atoms with Crippen molar-refractivity contribution in [1.82, 2.24) is 0 Å². The largest absolute Gasteiger partial charge is 0.309 e. The summed E-state index contributed by atoms with van der Waals surface area (Å²) in [4.78, 5) is 2.56. The van der Waals surface area contributed by atoms with Gasteiger partial charge in [-0.1, -0.05) is 117 Å². The van der Waals surface area contributed by atoms with Crippen LogP contribution in [0.15, 0.2) is 140 Å². The predicted octanol–water partition coefficient (Wildman–Crippen LogP) is 13.4. The quantitative estimate of drug-likeness (QED) is 0.189. The second-order valence-electron chi connectivity index (χ2n) is 12.9. The summed E-state index contributed by atoms with van der Waals surface area (Å²) in [6, 6.07) is 52.0. The third-order valence-electron chi connectivity index (χ3n) is 10.0. The lowest BCUT2D eigenvalue weighted by Gasteiger charge is -2.30. The minimum absolute atomic E-state index is 0.0865. The first-order valence-corrected chi connectivity index (χ1v) is 17.5. The van der Waals surface area contributed by atoms with Crippen LogP contribution in [0.5, 0.6) is 0 Å². The molecule has 0 aliphatic heterocycles. The summed E-state index contributed by atoms with van der Waals surface area (Å²) in [6.45, 7) is 4.74. The Hall–Kier alpha value is -4.96. The highest BCUT2D eigenvalue weighted by Crippen LogP contribution is 2.56. The Kier molecular flexibility index (Phi) is 5.44. The van der Waals surface area contributed by atoms with Crippen LogP contribution in [-0.4, -0.2) is 0 Å². The second kappa shape index (κ2) is 9.53. The van der Waals surface area contributed by atoms with Gasteiger partial charge < -0.3 is 4.90 Å². The zero-order chi connectivity index (χ0) is 30.6. The third kappa shape index (κ3) is 3.56. The molecule has 0 saturated carbocycles. The zero-order valence-electron chi connectivity index (χ0n) is 25.5. The highest BCUT2D eigenvalue weighted by Gasteiger charge is 2.38. The van der Waals surface area contributed by atoms with E-state index in [2.05, 4.69) is 158 Å². The van der Waals surface area contributed by atoms with Gasteiger partial charge in [-0.15, -0.1) is 22.7 Å². The Bertz CT molecular complexity index is 2690. The molecule has 9 aromatic rings. The summed E-state index contributed by atoms with van der Waals surface area (Å²) >= 11 is 3.79. The van der Waals surface area contributed by atoms with Crippen LogP contribution >= 0.6 is 22.7 Å².